The second kappa shape index (κ2) is 7.66. The van der Waals surface area contributed by atoms with E-state index in [0.717, 1.165) is 10.9 Å². The maximum Gasteiger partial charge on any atom is 0.256 e. The average Bonchev–Trinajstić information content (AvgIpc) is 3.28. The second-order valence-electron chi connectivity index (χ2n) is 7.20. The fraction of sp³-hybridized carbons (Fsp3) is 0.0417. The Kier molecular flexibility index (Phi) is 4.67. The van der Waals surface area contributed by atoms with E-state index in [9.17, 15) is 9.18 Å². The second-order valence-corrected chi connectivity index (χ2v) is 7.20. The van der Waals surface area contributed by atoms with Gasteiger partial charge in [0.05, 0.1) is 35.1 Å². The molecule has 0 radical (unpaired) electrons. The summed E-state index contributed by atoms with van der Waals surface area (Å²) in [6.07, 6.45) is 1.81. The number of carbonyl (C=O) groups is 1. The number of nitrogens with two attached hydrogens (primary N) is 1. The first-order valence-electron chi connectivity index (χ1n) is 9.82. The molecule has 2 heterocycles. The Balaban J connectivity index is 1.67. The zero-order chi connectivity index (χ0) is 22.2. The van der Waals surface area contributed by atoms with E-state index in [1.807, 2.05) is 30.5 Å². The molecule has 0 saturated heterocycles. The van der Waals surface area contributed by atoms with Gasteiger partial charge >= 0.3 is 0 Å². The molecule has 0 bridgehead atoms. The van der Waals surface area contributed by atoms with E-state index in [2.05, 4.69) is 20.3 Å². The highest BCUT2D eigenvalue weighted by atomic mass is 19.1. The predicted molar refractivity (Wildman–Crippen MR) is 122 cm³/mol. The Morgan fingerprint density at radius 2 is 1.97 bits per heavy atom. The molecule has 0 unspecified atom stereocenters. The van der Waals surface area contributed by atoms with Crippen molar-refractivity contribution in [1.82, 2.24) is 15.0 Å². The Morgan fingerprint density at radius 3 is 2.81 bits per heavy atom. The quantitative estimate of drug-likeness (QED) is 0.383. The highest BCUT2D eigenvalue weighted by Crippen LogP contribution is 2.33. The summed E-state index contributed by atoms with van der Waals surface area (Å²) in [5, 5.41) is 4.37. The number of ether oxygens (including phenoxy) is 1. The number of hydrogen-bond acceptors (Lipinski definition) is 5. The molecule has 3 aromatic carbocycles. The summed E-state index contributed by atoms with van der Waals surface area (Å²) >= 11 is 0. The first-order valence-corrected chi connectivity index (χ1v) is 9.82. The van der Waals surface area contributed by atoms with Crippen molar-refractivity contribution in [2.24, 2.45) is 0 Å². The Labute approximate surface area is 182 Å². The number of H-pyrrole nitrogens is 1. The van der Waals surface area contributed by atoms with Gasteiger partial charge in [-0.2, -0.15) is 0 Å². The molecule has 0 saturated carbocycles. The molecular weight excluding hydrogens is 409 g/mol. The number of benzene rings is 3. The molecule has 0 atom stereocenters. The normalized spacial score (nSPS) is 11.1. The van der Waals surface area contributed by atoms with Crippen molar-refractivity contribution in [1.29, 1.82) is 0 Å². The molecule has 0 fully saturated rings. The third kappa shape index (κ3) is 3.37. The number of rotatable bonds is 4. The van der Waals surface area contributed by atoms with E-state index in [4.69, 9.17) is 10.5 Å². The van der Waals surface area contributed by atoms with Crippen LogP contribution >= 0.6 is 0 Å². The van der Waals surface area contributed by atoms with Crippen LogP contribution in [0.2, 0.25) is 0 Å². The molecule has 5 aromatic rings. The van der Waals surface area contributed by atoms with Gasteiger partial charge in [-0.05, 0) is 48.5 Å². The summed E-state index contributed by atoms with van der Waals surface area (Å²) < 4.78 is 19.4. The molecule has 1 amide bonds. The number of nitrogen functional groups attached to an aromatic ring is 1. The van der Waals surface area contributed by atoms with Crippen molar-refractivity contribution >= 4 is 39.3 Å². The van der Waals surface area contributed by atoms with Gasteiger partial charge in [0.15, 0.2) is 0 Å². The van der Waals surface area contributed by atoms with Crippen LogP contribution in [0.25, 0.3) is 33.1 Å². The van der Waals surface area contributed by atoms with Crippen LogP contribution in [0.4, 0.5) is 16.0 Å². The third-order valence-electron chi connectivity index (χ3n) is 5.24. The van der Waals surface area contributed by atoms with Crippen molar-refractivity contribution in [3.8, 4) is 17.0 Å². The standard InChI is InChI=1S/C24H18FN5O2/c1-32-15-6-7-16(22-18-11-14(25)5-8-19(18)29-24(26)30-22)17(12-15)23(31)28-20-4-2-3-13-9-10-27-21(13)20/h2-12,27H,1H3,(H,28,31)(H2,26,29,30). The minimum absolute atomic E-state index is 0.0254. The largest absolute Gasteiger partial charge is 0.497 e. The van der Waals surface area contributed by atoms with Crippen LogP contribution in [0.5, 0.6) is 5.75 Å². The molecule has 5 rings (SSSR count). The van der Waals surface area contributed by atoms with Crippen LogP contribution < -0.4 is 15.8 Å². The van der Waals surface area contributed by atoms with Crippen LogP contribution in [0, 0.1) is 5.82 Å². The van der Waals surface area contributed by atoms with Gasteiger partial charge in [-0.3, -0.25) is 4.79 Å². The lowest BCUT2D eigenvalue weighted by molar-refractivity contribution is 0.102. The lowest BCUT2D eigenvalue weighted by Gasteiger charge is -2.14. The molecule has 158 valence electrons. The van der Waals surface area contributed by atoms with Gasteiger partial charge < -0.3 is 20.8 Å². The summed E-state index contributed by atoms with van der Waals surface area (Å²) in [6.45, 7) is 0. The van der Waals surface area contributed by atoms with Gasteiger partial charge in [0.1, 0.15) is 11.6 Å². The Hall–Kier alpha value is -4.46. The number of aromatic amines is 1. The van der Waals surface area contributed by atoms with Crippen LogP contribution in [0.1, 0.15) is 10.4 Å². The Bertz CT molecular complexity index is 1500. The van der Waals surface area contributed by atoms with Crippen LogP contribution in [0.15, 0.2) is 66.9 Å². The van der Waals surface area contributed by atoms with E-state index < -0.39 is 5.82 Å². The summed E-state index contributed by atoms with van der Waals surface area (Å²) in [5.74, 6) is -0.292. The minimum atomic E-state index is -0.440. The molecule has 0 spiro atoms. The number of methoxy groups -OCH3 is 1. The van der Waals surface area contributed by atoms with Crippen molar-refractivity contribution in [3.05, 3.63) is 78.2 Å². The van der Waals surface area contributed by atoms with Crippen LogP contribution in [0.3, 0.4) is 0 Å². The molecule has 8 heteroatoms. The number of anilines is 2. The summed E-state index contributed by atoms with van der Waals surface area (Å²) in [7, 11) is 1.52. The average molecular weight is 427 g/mol. The highest BCUT2D eigenvalue weighted by molar-refractivity contribution is 6.13. The van der Waals surface area contributed by atoms with E-state index >= 15 is 0 Å². The van der Waals surface area contributed by atoms with Crippen LogP contribution in [-0.4, -0.2) is 28.0 Å². The summed E-state index contributed by atoms with van der Waals surface area (Å²) in [5.41, 5.74) is 8.97. The smallest absolute Gasteiger partial charge is 0.256 e. The van der Waals surface area contributed by atoms with Gasteiger partial charge in [-0.1, -0.05) is 12.1 Å². The number of fused-ring (bicyclic) bond motifs is 2. The number of hydrogen-bond donors (Lipinski definition) is 3. The number of aromatic nitrogens is 3. The maximum absolute atomic E-state index is 14.0. The summed E-state index contributed by atoms with van der Waals surface area (Å²) in [4.78, 5) is 25.0. The maximum atomic E-state index is 14.0. The Morgan fingerprint density at radius 1 is 1.09 bits per heavy atom. The first kappa shape index (κ1) is 19.5. The van der Waals surface area contributed by atoms with E-state index in [1.54, 1.807) is 18.2 Å². The van der Waals surface area contributed by atoms with Crippen molar-refractivity contribution in [2.45, 2.75) is 0 Å². The number of para-hydroxylation sites is 1. The number of amides is 1. The van der Waals surface area contributed by atoms with Crippen molar-refractivity contribution < 1.29 is 13.9 Å². The SMILES string of the molecule is COc1ccc(-c2nc(N)nc3ccc(F)cc23)c(C(=O)Nc2cccc3cc[nH]c23)c1. The van der Waals surface area contributed by atoms with Crippen molar-refractivity contribution in [3.63, 3.8) is 0 Å². The first-order chi connectivity index (χ1) is 15.5. The minimum Gasteiger partial charge on any atom is -0.497 e. The van der Waals surface area contributed by atoms with Crippen molar-refractivity contribution in [2.75, 3.05) is 18.2 Å². The highest BCUT2D eigenvalue weighted by Gasteiger charge is 2.19. The molecule has 7 nitrogen and oxygen atoms in total. The predicted octanol–water partition coefficient (Wildman–Crippen LogP) is 4.76. The summed E-state index contributed by atoms with van der Waals surface area (Å²) in [6, 6.07) is 16.7. The molecule has 2 aromatic heterocycles. The molecule has 32 heavy (non-hydrogen) atoms. The number of nitrogens with one attached hydrogen (secondary N) is 2. The molecule has 0 aliphatic carbocycles. The number of carbonyl (C=O) groups excluding carboxylic acids is 1. The van der Waals surface area contributed by atoms with Crippen LogP contribution in [-0.2, 0) is 0 Å². The molecule has 0 aliphatic rings. The molecule has 0 aliphatic heterocycles. The fourth-order valence-corrected chi connectivity index (χ4v) is 3.75. The van der Waals surface area contributed by atoms with Gasteiger partial charge in [0.25, 0.3) is 5.91 Å². The zero-order valence-corrected chi connectivity index (χ0v) is 17.0. The molecule has 4 N–H and O–H groups in total. The lowest BCUT2D eigenvalue weighted by Crippen LogP contribution is -2.14. The van der Waals surface area contributed by atoms with Gasteiger partial charge in [0.2, 0.25) is 5.95 Å². The van der Waals surface area contributed by atoms with E-state index in [-0.39, 0.29) is 11.9 Å². The van der Waals surface area contributed by atoms with E-state index in [1.165, 1.54) is 25.3 Å². The lowest BCUT2D eigenvalue weighted by atomic mass is 9.99. The topological polar surface area (TPSA) is 106 Å². The molecular formula is C24H18FN5O2. The number of nitrogens with zero attached hydrogens (tertiary/aromatic N) is 2. The van der Waals surface area contributed by atoms with Gasteiger partial charge in [-0.15, -0.1) is 0 Å². The van der Waals surface area contributed by atoms with E-state index in [0.29, 0.717) is 39.2 Å². The fourth-order valence-electron chi connectivity index (χ4n) is 3.75. The third-order valence-corrected chi connectivity index (χ3v) is 5.24. The van der Waals surface area contributed by atoms with Gasteiger partial charge in [-0.25, -0.2) is 14.4 Å². The monoisotopic (exact) mass is 427 g/mol. The van der Waals surface area contributed by atoms with Gasteiger partial charge in [0, 0.05) is 22.5 Å². The number of halogens is 1. The zero-order valence-electron chi connectivity index (χ0n) is 17.0.